The van der Waals surface area contributed by atoms with Gasteiger partial charge in [0.1, 0.15) is 5.82 Å². The molecule has 0 aliphatic carbocycles. The van der Waals surface area contributed by atoms with Gasteiger partial charge in [-0.05, 0) is 50.1 Å². The predicted octanol–water partition coefficient (Wildman–Crippen LogP) is 5.98. The van der Waals surface area contributed by atoms with Crippen LogP contribution in [0.3, 0.4) is 0 Å². The minimum Gasteiger partial charge on any atom is -0.387 e. The first-order valence-electron chi connectivity index (χ1n) is 8.98. The number of benzene rings is 2. The molecule has 0 aliphatic rings. The van der Waals surface area contributed by atoms with Crippen molar-refractivity contribution in [3.8, 4) is 11.4 Å². The predicted molar refractivity (Wildman–Crippen MR) is 106 cm³/mol. The summed E-state index contributed by atoms with van der Waals surface area (Å²) in [5, 5.41) is 0. The number of nitrogens with zero attached hydrogens (tertiary/aromatic N) is 2. The van der Waals surface area contributed by atoms with Gasteiger partial charge < -0.3 is 10.7 Å². The van der Waals surface area contributed by atoms with Crippen molar-refractivity contribution >= 4 is 22.6 Å². The number of nitrogens with one attached hydrogen (secondary N) is 1. The molecule has 0 radical (unpaired) electrons. The summed E-state index contributed by atoms with van der Waals surface area (Å²) < 4.78 is 38.7. The van der Waals surface area contributed by atoms with Gasteiger partial charge >= 0.3 is 6.18 Å². The fourth-order valence-electron chi connectivity index (χ4n) is 2.83. The minimum atomic E-state index is -4.39. The number of nitrogens with two attached hydrogens (primary N) is 1. The number of aromatic nitrogens is 2. The second kappa shape index (κ2) is 8.29. The van der Waals surface area contributed by atoms with Crippen molar-refractivity contribution < 1.29 is 13.2 Å². The minimum absolute atomic E-state index is 0.335. The van der Waals surface area contributed by atoms with Crippen LogP contribution in [0.1, 0.15) is 31.7 Å². The van der Waals surface area contributed by atoms with Crippen LogP contribution in [0.5, 0.6) is 0 Å². The van der Waals surface area contributed by atoms with E-state index < -0.39 is 11.7 Å². The van der Waals surface area contributed by atoms with E-state index >= 15 is 0 Å². The monoisotopic (exact) mass is 386 g/mol. The molecule has 1 aromatic heterocycles. The van der Waals surface area contributed by atoms with Gasteiger partial charge in [0.25, 0.3) is 0 Å². The van der Waals surface area contributed by atoms with Crippen molar-refractivity contribution in [1.29, 1.82) is 0 Å². The van der Waals surface area contributed by atoms with Crippen LogP contribution in [0.2, 0.25) is 0 Å². The van der Waals surface area contributed by atoms with E-state index in [9.17, 15) is 13.2 Å². The van der Waals surface area contributed by atoms with E-state index in [0.29, 0.717) is 34.8 Å². The van der Waals surface area contributed by atoms with Gasteiger partial charge in [-0.3, -0.25) is 0 Å². The summed E-state index contributed by atoms with van der Waals surface area (Å²) in [7, 11) is 0. The number of amidine groups is 1. The van der Waals surface area contributed by atoms with E-state index in [1.54, 1.807) is 6.07 Å². The fraction of sp³-hybridized carbons (Fsp3) is 0.238. The molecule has 7 heteroatoms. The zero-order valence-corrected chi connectivity index (χ0v) is 15.4. The Kier molecular flexibility index (Phi) is 5.82. The van der Waals surface area contributed by atoms with E-state index in [2.05, 4.69) is 21.0 Å². The van der Waals surface area contributed by atoms with Crippen LogP contribution in [-0.2, 0) is 6.18 Å². The number of unbranched alkanes of at least 4 members (excludes halogenated alkanes) is 1. The maximum Gasteiger partial charge on any atom is 0.416 e. The van der Waals surface area contributed by atoms with E-state index in [4.69, 9.17) is 5.73 Å². The van der Waals surface area contributed by atoms with Gasteiger partial charge in [-0.1, -0.05) is 24.3 Å². The first kappa shape index (κ1) is 19.7. The molecule has 0 saturated heterocycles. The Morgan fingerprint density at radius 1 is 1.21 bits per heavy atom. The van der Waals surface area contributed by atoms with Crippen molar-refractivity contribution in [2.45, 2.75) is 32.4 Å². The smallest absolute Gasteiger partial charge is 0.387 e. The molecule has 0 aliphatic heterocycles. The molecule has 28 heavy (non-hydrogen) atoms. The SMILES string of the molecule is C/C=C\CCCC(N)=Nc1cccc(-c2nc3ccc(C(F)(F)F)cc3[nH]2)c1. The summed E-state index contributed by atoms with van der Waals surface area (Å²) in [5.74, 6) is 1.03. The zero-order chi connectivity index (χ0) is 20.1. The Balaban J connectivity index is 1.83. The third-order valence-electron chi connectivity index (χ3n) is 4.24. The quantitative estimate of drug-likeness (QED) is 0.237. The molecule has 0 unspecified atom stereocenters. The number of fused-ring (bicyclic) bond motifs is 1. The lowest BCUT2D eigenvalue weighted by Crippen LogP contribution is -2.10. The van der Waals surface area contributed by atoms with E-state index in [1.807, 2.05) is 31.2 Å². The van der Waals surface area contributed by atoms with Gasteiger partial charge in [0.15, 0.2) is 0 Å². The lowest BCUT2D eigenvalue weighted by molar-refractivity contribution is -0.137. The number of H-pyrrole nitrogens is 1. The second-order valence-corrected chi connectivity index (χ2v) is 6.43. The number of aliphatic imine (C=N–C) groups is 1. The van der Waals surface area contributed by atoms with Gasteiger partial charge in [-0.25, -0.2) is 9.98 Å². The zero-order valence-electron chi connectivity index (χ0n) is 15.4. The Morgan fingerprint density at radius 2 is 2.04 bits per heavy atom. The van der Waals surface area contributed by atoms with Crippen molar-refractivity contribution in [1.82, 2.24) is 9.97 Å². The van der Waals surface area contributed by atoms with E-state index in [0.717, 1.165) is 30.5 Å². The number of halogens is 3. The summed E-state index contributed by atoms with van der Waals surface area (Å²) in [4.78, 5) is 11.8. The lowest BCUT2D eigenvalue weighted by atomic mass is 10.2. The highest BCUT2D eigenvalue weighted by atomic mass is 19.4. The molecule has 146 valence electrons. The Hall–Kier alpha value is -3.09. The van der Waals surface area contributed by atoms with Gasteiger partial charge in [0.05, 0.1) is 28.1 Å². The lowest BCUT2D eigenvalue weighted by Gasteiger charge is -2.05. The first-order chi connectivity index (χ1) is 13.4. The topological polar surface area (TPSA) is 67.1 Å². The van der Waals surface area contributed by atoms with Crippen LogP contribution in [0, 0.1) is 0 Å². The van der Waals surface area contributed by atoms with Crippen LogP contribution < -0.4 is 5.73 Å². The molecule has 4 nitrogen and oxygen atoms in total. The number of imidazole rings is 1. The Bertz CT molecular complexity index is 1020. The number of hydrogen-bond donors (Lipinski definition) is 2. The third kappa shape index (κ3) is 4.79. The van der Waals surface area contributed by atoms with Crippen LogP contribution in [0.15, 0.2) is 59.6 Å². The maximum absolute atomic E-state index is 12.9. The van der Waals surface area contributed by atoms with Gasteiger partial charge in [0, 0.05) is 12.0 Å². The highest BCUT2D eigenvalue weighted by molar-refractivity contribution is 5.84. The molecule has 0 atom stereocenters. The van der Waals surface area contributed by atoms with Crippen molar-refractivity contribution in [2.75, 3.05) is 0 Å². The normalized spacial score (nSPS) is 12.9. The Morgan fingerprint density at radius 3 is 2.79 bits per heavy atom. The van der Waals surface area contributed by atoms with Crippen LogP contribution in [0.4, 0.5) is 18.9 Å². The summed E-state index contributed by atoms with van der Waals surface area (Å²) in [6, 6.07) is 10.7. The molecule has 1 heterocycles. The summed E-state index contributed by atoms with van der Waals surface area (Å²) in [5.41, 5.74) is 7.50. The molecule has 3 aromatic rings. The van der Waals surface area contributed by atoms with Crippen LogP contribution in [-0.4, -0.2) is 15.8 Å². The average Bonchev–Trinajstić information content (AvgIpc) is 3.08. The standard InChI is InChI=1S/C21H21F3N4/c1-2-3-4-5-9-19(25)26-16-8-6-7-14(12-16)20-27-17-11-10-15(21(22,23)24)13-18(17)28-20/h2-3,6-8,10-13H,4-5,9H2,1H3,(H2,25,26)(H,27,28)/b3-2-. The molecule has 0 fully saturated rings. The number of rotatable bonds is 6. The molecule has 3 rings (SSSR count). The van der Waals surface area contributed by atoms with Gasteiger partial charge in [0.2, 0.25) is 0 Å². The molecule has 3 N–H and O–H groups in total. The van der Waals surface area contributed by atoms with Crippen molar-refractivity contribution in [3.63, 3.8) is 0 Å². The molecule has 0 saturated carbocycles. The molecule has 2 aromatic carbocycles. The number of aromatic amines is 1. The first-order valence-corrected chi connectivity index (χ1v) is 8.98. The van der Waals surface area contributed by atoms with E-state index in [1.165, 1.54) is 6.07 Å². The van der Waals surface area contributed by atoms with Gasteiger partial charge in [-0.15, -0.1) is 0 Å². The van der Waals surface area contributed by atoms with Gasteiger partial charge in [-0.2, -0.15) is 13.2 Å². The summed E-state index contributed by atoms with van der Waals surface area (Å²) in [6.45, 7) is 1.98. The fourth-order valence-corrected chi connectivity index (χ4v) is 2.83. The maximum atomic E-state index is 12.9. The largest absolute Gasteiger partial charge is 0.416 e. The van der Waals surface area contributed by atoms with E-state index in [-0.39, 0.29) is 0 Å². The molecule has 0 amide bonds. The summed E-state index contributed by atoms with van der Waals surface area (Å²) in [6.07, 6.45) is 2.26. The van der Waals surface area contributed by atoms with Crippen molar-refractivity contribution in [2.24, 2.45) is 10.7 Å². The molecular formula is C21H21F3N4. The van der Waals surface area contributed by atoms with Crippen LogP contribution >= 0.6 is 0 Å². The second-order valence-electron chi connectivity index (χ2n) is 6.43. The third-order valence-corrected chi connectivity index (χ3v) is 4.24. The highest BCUT2D eigenvalue weighted by Gasteiger charge is 2.30. The number of alkyl halides is 3. The Labute approximate surface area is 161 Å². The average molecular weight is 386 g/mol. The molecule has 0 spiro atoms. The molecular weight excluding hydrogens is 365 g/mol. The van der Waals surface area contributed by atoms with Crippen LogP contribution in [0.25, 0.3) is 22.4 Å². The van der Waals surface area contributed by atoms with Crippen molar-refractivity contribution in [3.05, 3.63) is 60.2 Å². The molecule has 0 bridgehead atoms. The number of hydrogen-bond acceptors (Lipinski definition) is 2. The summed E-state index contributed by atoms with van der Waals surface area (Å²) >= 11 is 0. The number of allylic oxidation sites excluding steroid dienone is 2. The highest BCUT2D eigenvalue weighted by Crippen LogP contribution is 2.32.